The second-order valence-electron chi connectivity index (χ2n) is 8.92. The van der Waals surface area contributed by atoms with Crippen LogP contribution in [0.1, 0.15) is 58.9 Å². The van der Waals surface area contributed by atoms with Crippen molar-refractivity contribution >= 4 is 28.6 Å². The molecule has 0 spiro atoms. The monoisotopic (exact) mass is 464 g/mol. The zero-order valence-corrected chi connectivity index (χ0v) is 19.9. The largest absolute Gasteiger partial charge is 0.370 e. The number of aromatic nitrogens is 3. The van der Waals surface area contributed by atoms with E-state index in [9.17, 15) is 4.79 Å². The Balaban J connectivity index is 1.56. The molecule has 1 aromatic carbocycles. The van der Waals surface area contributed by atoms with Gasteiger partial charge in [0, 0.05) is 29.6 Å². The third kappa shape index (κ3) is 5.27. The molecule has 3 aromatic rings. The Morgan fingerprint density at radius 1 is 1.18 bits per heavy atom. The molecule has 0 saturated heterocycles. The fourth-order valence-corrected chi connectivity index (χ4v) is 4.54. The van der Waals surface area contributed by atoms with Gasteiger partial charge < -0.3 is 26.2 Å². The van der Waals surface area contributed by atoms with Crippen LogP contribution in [-0.4, -0.2) is 45.6 Å². The summed E-state index contributed by atoms with van der Waals surface area (Å²) in [5, 5.41) is 22.0. The summed E-state index contributed by atoms with van der Waals surface area (Å²) in [7, 11) is 0. The summed E-state index contributed by atoms with van der Waals surface area (Å²) in [6.07, 6.45) is 4.59. The fraction of sp³-hybridized carbons (Fsp3) is 0.458. The van der Waals surface area contributed by atoms with Crippen LogP contribution in [0.4, 0.5) is 5.82 Å². The second-order valence-corrected chi connectivity index (χ2v) is 8.92. The maximum atomic E-state index is 12.9. The summed E-state index contributed by atoms with van der Waals surface area (Å²) >= 11 is 0. The van der Waals surface area contributed by atoms with E-state index in [1.165, 1.54) is 0 Å². The second kappa shape index (κ2) is 10.1. The third-order valence-corrected chi connectivity index (χ3v) is 6.33. The van der Waals surface area contributed by atoms with Gasteiger partial charge in [-0.2, -0.15) is 0 Å². The predicted octanol–water partition coefficient (Wildman–Crippen LogP) is 2.72. The number of fused-ring (bicyclic) bond motifs is 1. The van der Waals surface area contributed by atoms with Gasteiger partial charge in [0.25, 0.3) is 5.91 Å². The molecule has 4 rings (SSSR count). The van der Waals surface area contributed by atoms with E-state index in [2.05, 4.69) is 31.1 Å². The van der Waals surface area contributed by atoms with E-state index in [0.29, 0.717) is 24.3 Å². The van der Waals surface area contributed by atoms with Gasteiger partial charge in [-0.25, -0.2) is 9.97 Å². The van der Waals surface area contributed by atoms with Gasteiger partial charge >= 0.3 is 0 Å². The van der Waals surface area contributed by atoms with E-state index in [1.807, 2.05) is 39.0 Å². The van der Waals surface area contributed by atoms with Crippen molar-refractivity contribution in [2.45, 2.75) is 65.0 Å². The Bertz CT molecular complexity index is 1190. The molecular formula is C24H32N8O2. The van der Waals surface area contributed by atoms with Crippen LogP contribution in [0.25, 0.3) is 10.9 Å². The van der Waals surface area contributed by atoms with E-state index < -0.39 is 0 Å². The van der Waals surface area contributed by atoms with Gasteiger partial charge in [-0.15, -0.1) is 0 Å². The molecule has 2 aromatic heterocycles. The van der Waals surface area contributed by atoms with Crippen LogP contribution >= 0.6 is 0 Å². The van der Waals surface area contributed by atoms with Crippen molar-refractivity contribution in [3.05, 3.63) is 46.6 Å². The van der Waals surface area contributed by atoms with Crippen molar-refractivity contribution < 1.29 is 9.32 Å². The number of carbonyl (C=O) groups excluding carboxylic acids is 1. The van der Waals surface area contributed by atoms with Crippen LogP contribution < -0.4 is 21.7 Å². The van der Waals surface area contributed by atoms with Gasteiger partial charge in [-0.05, 0) is 52.2 Å². The van der Waals surface area contributed by atoms with Crippen molar-refractivity contribution in [2.75, 3.05) is 11.9 Å². The van der Waals surface area contributed by atoms with Gasteiger partial charge in [0.05, 0.1) is 11.2 Å². The summed E-state index contributed by atoms with van der Waals surface area (Å²) in [5.74, 6) is 1.12. The van der Waals surface area contributed by atoms with Crippen molar-refractivity contribution in [1.82, 2.24) is 25.8 Å². The van der Waals surface area contributed by atoms with Crippen LogP contribution in [0.3, 0.4) is 0 Å². The van der Waals surface area contributed by atoms with E-state index in [4.69, 9.17) is 15.7 Å². The van der Waals surface area contributed by atoms with E-state index in [1.54, 1.807) is 0 Å². The topological polar surface area (TPSA) is 155 Å². The third-order valence-electron chi connectivity index (χ3n) is 6.33. The first-order valence-corrected chi connectivity index (χ1v) is 11.7. The first-order valence-electron chi connectivity index (χ1n) is 11.7. The molecule has 0 aliphatic heterocycles. The number of carbonyl (C=O) groups is 1. The highest BCUT2D eigenvalue weighted by atomic mass is 16.5. The number of hydrogen-bond donors (Lipinski definition) is 5. The lowest BCUT2D eigenvalue weighted by Gasteiger charge is -2.33. The van der Waals surface area contributed by atoms with Crippen molar-refractivity contribution in [2.24, 2.45) is 5.73 Å². The molecule has 34 heavy (non-hydrogen) atoms. The van der Waals surface area contributed by atoms with Gasteiger partial charge in [0.2, 0.25) is 5.82 Å². The molecule has 1 aliphatic carbocycles. The maximum absolute atomic E-state index is 12.9. The van der Waals surface area contributed by atoms with Crippen molar-refractivity contribution in [3.63, 3.8) is 0 Å². The molecule has 1 saturated carbocycles. The number of aryl methyl sites for hydroxylation is 3. The minimum Gasteiger partial charge on any atom is -0.370 e. The Hall–Kier alpha value is -3.69. The summed E-state index contributed by atoms with van der Waals surface area (Å²) in [4.78, 5) is 22.1. The molecule has 1 fully saturated rings. The molecule has 1 unspecified atom stereocenters. The number of nitrogens with two attached hydrogens (primary N) is 1. The van der Waals surface area contributed by atoms with Crippen LogP contribution in [-0.2, 0) is 6.42 Å². The molecule has 10 heteroatoms. The smallest absolute Gasteiger partial charge is 0.289 e. The molecule has 2 heterocycles. The van der Waals surface area contributed by atoms with Gasteiger partial charge in [-0.1, -0.05) is 29.6 Å². The molecule has 1 amide bonds. The molecule has 0 bridgehead atoms. The lowest BCUT2D eigenvalue weighted by molar-refractivity contribution is 0.0944. The Morgan fingerprint density at radius 2 is 1.94 bits per heavy atom. The standard InChI is InChI=1S/C24H32N8O2/c1-13-8-9-18-17(12-13)21(29-19-6-4-5-7-20(19)30-24(25)26)31-22(28-18)23(33)27-11-10-16-14(2)32-34-15(16)3/h8-9,12,19-20H,4-7,10-11H2,1-3H3,(H,27,33)(H4,25,26,30)(H,28,29,31)/t19?,20-/m1/s1. The number of rotatable bonds is 7. The van der Waals surface area contributed by atoms with Crippen LogP contribution in [0.5, 0.6) is 0 Å². The highest BCUT2D eigenvalue weighted by Gasteiger charge is 2.27. The molecule has 1 aliphatic rings. The summed E-state index contributed by atoms with van der Waals surface area (Å²) in [5.41, 5.74) is 9.22. The Labute approximate surface area is 198 Å². The molecule has 180 valence electrons. The number of benzene rings is 1. The number of amides is 1. The summed E-state index contributed by atoms with van der Waals surface area (Å²) in [6, 6.07) is 5.95. The van der Waals surface area contributed by atoms with Crippen LogP contribution in [0.2, 0.25) is 0 Å². The maximum Gasteiger partial charge on any atom is 0.289 e. The SMILES string of the molecule is Cc1ccc2nc(C(=O)NCCc3c(C)noc3C)nc(NC3CCCC[C@H]3NC(=N)N)c2c1. The normalized spacial score (nSPS) is 18.0. The highest BCUT2D eigenvalue weighted by Crippen LogP contribution is 2.27. The number of anilines is 1. The predicted molar refractivity (Wildman–Crippen MR) is 131 cm³/mol. The van der Waals surface area contributed by atoms with E-state index in [-0.39, 0.29) is 29.8 Å². The molecule has 10 nitrogen and oxygen atoms in total. The zero-order valence-electron chi connectivity index (χ0n) is 19.9. The summed E-state index contributed by atoms with van der Waals surface area (Å²) in [6.45, 7) is 6.19. The molecule has 0 radical (unpaired) electrons. The number of nitrogens with zero attached hydrogens (tertiary/aromatic N) is 3. The van der Waals surface area contributed by atoms with E-state index in [0.717, 1.165) is 53.7 Å². The van der Waals surface area contributed by atoms with Crippen molar-refractivity contribution in [1.29, 1.82) is 5.41 Å². The van der Waals surface area contributed by atoms with Gasteiger partial charge in [-0.3, -0.25) is 10.2 Å². The quantitative estimate of drug-likeness (QED) is 0.264. The molecule has 6 N–H and O–H groups in total. The van der Waals surface area contributed by atoms with Gasteiger partial charge in [0.15, 0.2) is 5.96 Å². The minimum absolute atomic E-state index is 0.0217. The Morgan fingerprint density at radius 3 is 2.65 bits per heavy atom. The van der Waals surface area contributed by atoms with Crippen molar-refractivity contribution in [3.8, 4) is 0 Å². The zero-order chi connectivity index (χ0) is 24.2. The van der Waals surface area contributed by atoms with Gasteiger partial charge in [0.1, 0.15) is 11.6 Å². The fourth-order valence-electron chi connectivity index (χ4n) is 4.54. The highest BCUT2D eigenvalue weighted by molar-refractivity contribution is 5.96. The first-order chi connectivity index (χ1) is 16.3. The first kappa shape index (κ1) is 23.5. The Kier molecular flexibility index (Phi) is 6.95. The lowest BCUT2D eigenvalue weighted by Crippen LogP contribution is -2.50. The average molecular weight is 465 g/mol. The number of guanidine groups is 1. The lowest BCUT2D eigenvalue weighted by atomic mass is 9.90. The molecule has 2 atom stereocenters. The van der Waals surface area contributed by atoms with Crippen LogP contribution in [0, 0.1) is 26.2 Å². The number of nitrogens with one attached hydrogen (secondary N) is 4. The minimum atomic E-state index is -0.334. The average Bonchev–Trinajstić information content (AvgIpc) is 3.12. The van der Waals surface area contributed by atoms with E-state index >= 15 is 0 Å². The molecular weight excluding hydrogens is 432 g/mol. The number of hydrogen-bond acceptors (Lipinski definition) is 7. The van der Waals surface area contributed by atoms with Crippen LogP contribution in [0.15, 0.2) is 22.7 Å². The summed E-state index contributed by atoms with van der Waals surface area (Å²) < 4.78 is 5.19.